The number of furan rings is 1. The average Bonchev–Trinajstić information content (AvgIpc) is 3.67. The molecule has 0 saturated carbocycles. The summed E-state index contributed by atoms with van der Waals surface area (Å²) >= 11 is 0. The van der Waals surface area contributed by atoms with Crippen molar-refractivity contribution >= 4 is 11.9 Å². The molecule has 0 amide bonds. The molecule has 2 N–H and O–H groups in total. The first kappa shape index (κ1) is 27.1. The summed E-state index contributed by atoms with van der Waals surface area (Å²) in [6, 6.07) is 8.52. The highest BCUT2D eigenvalue weighted by molar-refractivity contribution is 5.91. The topological polar surface area (TPSA) is 149 Å². The van der Waals surface area contributed by atoms with Gasteiger partial charge in [0.15, 0.2) is 11.5 Å². The molecule has 0 atom stereocenters. The second-order valence-electron chi connectivity index (χ2n) is 8.27. The van der Waals surface area contributed by atoms with E-state index in [1.807, 2.05) is 0 Å². The van der Waals surface area contributed by atoms with E-state index in [1.165, 1.54) is 12.1 Å². The molecule has 5 aromatic rings. The molecular formula is C24H12F6N6O5. The number of benzene rings is 2. The van der Waals surface area contributed by atoms with E-state index in [1.54, 1.807) is 0 Å². The molecule has 0 aliphatic heterocycles. The monoisotopic (exact) mass is 578 g/mol. The van der Waals surface area contributed by atoms with E-state index in [0.29, 0.717) is 0 Å². The molecule has 11 nitrogen and oxygen atoms in total. The summed E-state index contributed by atoms with van der Waals surface area (Å²) in [6.45, 7) is 0. The third-order valence-electron chi connectivity index (χ3n) is 5.70. The van der Waals surface area contributed by atoms with Crippen LogP contribution in [0.5, 0.6) is 0 Å². The third-order valence-corrected chi connectivity index (χ3v) is 5.70. The van der Waals surface area contributed by atoms with Crippen molar-refractivity contribution in [3.63, 3.8) is 0 Å². The summed E-state index contributed by atoms with van der Waals surface area (Å²) in [6.07, 6.45) is -7.95. The Hall–Kier alpha value is -5.48. The van der Waals surface area contributed by atoms with Crippen molar-refractivity contribution in [1.29, 1.82) is 0 Å². The molecule has 0 radical (unpaired) electrons. The Labute approximate surface area is 222 Å². The predicted octanol–water partition coefficient (Wildman–Crippen LogP) is 5.21. The number of aromatic nitrogens is 6. The van der Waals surface area contributed by atoms with Gasteiger partial charge in [-0.05, 0) is 36.4 Å². The Morgan fingerprint density at radius 3 is 1.39 bits per heavy atom. The van der Waals surface area contributed by atoms with Gasteiger partial charge in [-0.1, -0.05) is 22.6 Å². The van der Waals surface area contributed by atoms with Crippen molar-refractivity contribution in [2.45, 2.75) is 12.4 Å². The molecule has 0 unspecified atom stereocenters. The Balaban J connectivity index is 1.49. The van der Waals surface area contributed by atoms with Gasteiger partial charge in [0, 0.05) is 0 Å². The van der Waals surface area contributed by atoms with Crippen LogP contribution in [0, 0.1) is 0 Å². The molecule has 0 fully saturated rings. The first-order chi connectivity index (χ1) is 19.3. The van der Waals surface area contributed by atoms with Crippen molar-refractivity contribution in [3.05, 3.63) is 83.2 Å². The van der Waals surface area contributed by atoms with E-state index in [0.717, 1.165) is 58.2 Å². The van der Waals surface area contributed by atoms with Gasteiger partial charge in [-0.2, -0.15) is 26.3 Å². The number of nitrogens with zero attached hydrogens (tertiary/aromatic N) is 6. The lowest BCUT2D eigenvalue weighted by Gasteiger charge is -2.14. The molecule has 3 heterocycles. The Morgan fingerprint density at radius 1 is 0.659 bits per heavy atom. The molecule has 0 aliphatic carbocycles. The Bertz CT molecular complexity index is 1670. The van der Waals surface area contributed by atoms with E-state index in [9.17, 15) is 46.1 Å². The van der Waals surface area contributed by atoms with Crippen LogP contribution in [0.1, 0.15) is 31.8 Å². The molecule has 0 aliphatic rings. The number of alkyl halides is 6. The molecule has 17 heteroatoms. The van der Waals surface area contributed by atoms with Crippen LogP contribution in [0.2, 0.25) is 0 Å². The summed E-state index contributed by atoms with van der Waals surface area (Å²) in [7, 11) is 0. The van der Waals surface area contributed by atoms with Crippen molar-refractivity contribution < 1.29 is 50.6 Å². The van der Waals surface area contributed by atoms with Crippen LogP contribution in [0.15, 0.2) is 65.3 Å². The minimum absolute atomic E-state index is 0.0207. The minimum Gasteiger partial charge on any atom is -0.478 e. The molecule has 2 aromatic carbocycles. The standard InChI is InChI=1S/C24H12F6N6O5/c25-23(26,27)19-11(21(37)38)3-1-5-15(19)35-9-13(31-33-35)17-7-8-18(41-17)14-10-36(34-32-14)16-6-2-4-12(22(39)40)20(16)24(28,29)30/h1-10H,(H,37,38)(H,39,40). The van der Waals surface area contributed by atoms with E-state index in [4.69, 9.17) is 4.42 Å². The fraction of sp³-hybridized carbons (Fsp3) is 0.0833. The van der Waals surface area contributed by atoms with Crippen molar-refractivity contribution in [1.82, 2.24) is 30.0 Å². The van der Waals surface area contributed by atoms with Gasteiger partial charge in [0.1, 0.15) is 11.4 Å². The normalized spacial score (nSPS) is 12.0. The van der Waals surface area contributed by atoms with E-state index >= 15 is 0 Å². The van der Waals surface area contributed by atoms with Crippen LogP contribution < -0.4 is 0 Å². The lowest BCUT2D eigenvalue weighted by molar-refractivity contribution is -0.138. The Kier molecular flexibility index (Phi) is 6.35. The number of hydrogen-bond acceptors (Lipinski definition) is 7. The summed E-state index contributed by atoms with van der Waals surface area (Å²) in [5, 5.41) is 33.2. The zero-order valence-electron chi connectivity index (χ0n) is 19.8. The summed E-state index contributed by atoms with van der Waals surface area (Å²) in [5.74, 6) is -3.62. The SMILES string of the molecule is O=C(O)c1cccc(-n2cc(-c3ccc(-c4cn(-c5cccc(C(=O)O)c5C(F)(F)F)nn4)o3)nn2)c1C(F)(F)F. The largest absolute Gasteiger partial charge is 0.478 e. The van der Waals surface area contributed by atoms with Crippen LogP contribution in [0.4, 0.5) is 26.3 Å². The molecule has 0 bridgehead atoms. The zero-order chi connectivity index (χ0) is 29.7. The quantitative estimate of drug-likeness (QED) is 0.259. The van der Waals surface area contributed by atoms with Gasteiger partial charge in [0.05, 0.1) is 46.0 Å². The van der Waals surface area contributed by atoms with Gasteiger partial charge < -0.3 is 14.6 Å². The van der Waals surface area contributed by atoms with Crippen molar-refractivity contribution in [2.24, 2.45) is 0 Å². The maximum Gasteiger partial charge on any atom is 0.419 e. The third kappa shape index (κ3) is 4.99. The first-order valence-electron chi connectivity index (χ1n) is 11.1. The zero-order valence-corrected chi connectivity index (χ0v) is 19.8. The van der Waals surface area contributed by atoms with Gasteiger partial charge in [0.2, 0.25) is 0 Å². The lowest BCUT2D eigenvalue weighted by atomic mass is 10.0. The van der Waals surface area contributed by atoms with Crippen LogP contribution in [0.3, 0.4) is 0 Å². The molecule has 210 valence electrons. The lowest BCUT2D eigenvalue weighted by Crippen LogP contribution is -2.17. The maximum absolute atomic E-state index is 13.7. The van der Waals surface area contributed by atoms with Gasteiger partial charge in [-0.15, -0.1) is 10.2 Å². The van der Waals surface area contributed by atoms with Gasteiger partial charge >= 0.3 is 24.3 Å². The minimum atomic E-state index is -5.03. The van der Waals surface area contributed by atoms with Crippen LogP contribution in [-0.2, 0) is 12.4 Å². The van der Waals surface area contributed by atoms with E-state index < -0.39 is 57.9 Å². The maximum atomic E-state index is 13.7. The molecule has 5 rings (SSSR count). The smallest absolute Gasteiger partial charge is 0.419 e. The van der Waals surface area contributed by atoms with E-state index in [2.05, 4.69) is 20.6 Å². The number of carboxylic acids is 2. The van der Waals surface area contributed by atoms with Gasteiger partial charge in [0.25, 0.3) is 0 Å². The molecule has 0 saturated heterocycles. The van der Waals surface area contributed by atoms with Gasteiger partial charge in [-0.25, -0.2) is 19.0 Å². The average molecular weight is 578 g/mol. The predicted molar refractivity (Wildman–Crippen MR) is 123 cm³/mol. The molecule has 3 aromatic heterocycles. The fourth-order valence-corrected chi connectivity index (χ4v) is 4.02. The van der Waals surface area contributed by atoms with Crippen molar-refractivity contribution in [2.75, 3.05) is 0 Å². The number of hydrogen-bond donors (Lipinski definition) is 2. The van der Waals surface area contributed by atoms with Crippen molar-refractivity contribution in [3.8, 4) is 34.3 Å². The highest BCUT2D eigenvalue weighted by Crippen LogP contribution is 2.38. The van der Waals surface area contributed by atoms with Crippen LogP contribution >= 0.6 is 0 Å². The number of carboxylic acid groups (broad SMARTS) is 2. The molecule has 0 spiro atoms. The number of halogens is 6. The summed E-state index contributed by atoms with van der Waals surface area (Å²) in [4.78, 5) is 22.7. The summed E-state index contributed by atoms with van der Waals surface area (Å²) in [5.41, 5.74) is -6.19. The van der Waals surface area contributed by atoms with Gasteiger partial charge in [-0.3, -0.25) is 0 Å². The second-order valence-corrected chi connectivity index (χ2v) is 8.27. The number of rotatable bonds is 6. The Morgan fingerprint density at radius 2 is 1.05 bits per heavy atom. The molecular weight excluding hydrogens is 566 g/mol. The second kappa shape index (κ2) is 9.61. The highest BCUT2D eigenvalue weighted by atomic mass is 19.4. The van der Waals surface area contributed by atoms with Crippen LogP contribution in [0.25, 0.3) is 34.3 Å². The highest BCUT2D eigenvalue weighted by Gasteiger charge is 2.40. The van der Waals surface area contributed by atoms with Crippen LogP contribution in [-0.4, -0.2) is 52.1 Å². The first-order valence-corrected chi connectivity index (χ1v) is 11.1. The number of carbonyl (C=O) groups is 2. The summed E-state index contributed by atoms with van der Waals surface area (Å²) < 4.78 is 89.3. The number of aromatic carboxylic acids is 2. The van der Waals surface area contributed by atoms with E-state index in [-0.39, 0.29) is 22.9 Å². The fourth-order valence-electron chi connectivity index (χ4n) is 4.02. The molecule has 41 heavy (non-hydrogen) atoms.